The number of sulfonamides is 1. The van der Waals surface area contributed by atoms with Crippen molar-refractivity contribution in [3.63, 3.8) is 0 Å². The molecule has 132 valence electrons. The van der Waals surface area contributed by atoms with Gasteiger partial charge in [-0.2, -0.15) is 17.9 Å². The normalized spacial score (nSPS) is 17.3. The van der Waals surface area contributed by atoms with Crippen LogP contribution in [-0.2, 0) is 10.0 Å². The SMILES string of the molecule is O=S(=O)(c1ccccc1)N1N=C(c2ccco2)C[C@@H]1c1cccc(Cl)c1. The summed E-state index contributed by atoms with van der Waals surface area (Å²) in [6, 6.07) is 18.5. The fourth-order valence-electron chi connectivity index (χ4n) is 2.96. The molecule has 0 spiro atoms. The van der Waals surface area contributed by atoms with Gasteiger partial charge in [-0.3, -0.25) is 0 Å². The van der Waals surface area contributed by atoms with Gasteiger partial charge in [-0.25, -0.2) is 0 Å². The Bertz CT molecular complexity index is 1050. The highest BCUT2D eigenvalue weighted by molar-refractivity contribution is 7.89. The maximum Gasteiger partial charge on any atom is 0.279 e. The molecule has 0 unspecified atom stereocenters. The lowest BCUT2D eigenvalue weighted by Gasteiger charge is -2.23. The molecule has 1 aliphatic heterocycles. The van der Waals surface area contributed by atoms with E-state index in [1.807, 2.05) is 6.07 Å². The summed E-state index contributed by atoms with van der Waals surface area (Å²) in [4.78, 5) is 0.191. The topological polar surface area (TPSA) is 62.9 Å². The Kier molecular flexibility index (Phi) is 4.30. The summed E-state index contributed by atoms with van der Waals surface area (Å²) in [5, 5.41) is 4.94. The van der Waals surface area contributed by atoms with Crippen molar-refractivity contribution in [2.45, 2.75) is 17.4 Å². The number of hydrogen-bond donors (Lipinski definition) is 0. The van der Waals surface area contributed by atoms with Crippen LogP contribution in [-0.4, -0.2) is 18.5 Å². The third-order valence-corrected chi connectivity index (χ3v) is 6.13. The van der Waals surface area contributed by atoms with Crippen molar-refractivity contribution in [3.05, 3.63) is 89.3 Å². The minimum atomic E-state index is -3.81. The first-order chi connectivity index (χ1) is 12.6. The summed E-state index contributed by atoms with van der Waals surface area (Å²) in [6.07, 6.45) is 1.94. The fraction of sp³-hybridized carbons (Fsp3) is 0.105. The van der Waals surface area contributed by atoms with Crippen LogP contribution in [0.15, 0.2) is 87.4 Å². The average Bonchev–Trinajstić information content (AvgIpc) is 3.32. The summed E-state index contributed by atoms with van der Waals surface area (Å²) in [5.41, 5.74) is 1.36. The Balaban J connectivity index is 1.81. The Morgan fingerprint density at radius 1 is 1.04 bits per heavy atom. The van der Waals surface area contributed by atoms with Crippen LogP contribution in [0.4, 0.5) is 0 Å². The monoisotopic (exact) mass is 386 g/mol. The maximum absolute atomic E-state index is 13.2. The molecule has 0 N–H and O–H groups in total. The van der Waals surface area contributed by atoms with Crippen LogP contribution in [0.3, 0.4) is 0 Å². The highest BCUT2D eigenvalue weighted by Gasteiger charge is 2.38. The van der Waals surface area contributed by atoms with Crippen molar-refractivity contribution in [2.75, 3.05) is 0 Å². The molecule has 7 heteroatoms. The quantitative estimate of drug-likeness (QED) is 0.664. The molecule has 0 amide bonds. The van der Waals surface area contributed by atoms with Gasteiger partial charge in [0, 0.05) is 11.4 Å². The molecule has 5 nitrogen and oxygen atoms in total. The minimum absolute atomic E-state index is 0.191. The van der Waals surface area contributed by atoms with Gasteiger partial charge in [0.1, 0.15) is 11.5 Å². The molecule has 4 rings (SSSR count). The van der Waals surface area contributed by atoms with Crippen LogP contribution < -0.4 is 0 Å². The number of halogens is 1. The zero-order chi connectivity index (χ0) is 18.1. The van der Waals surface area contributed by atoms with Crippen LogP contribution >= 0.6 is 11.6 Å². The first-order valence-electron chi connectivity index (χ1n) is 8.02. The molecule has 1 atom stereocenters. The largest absolute Gasteiger partial charge is 0.463 e. The van der Waals surface area contributed by atoms with E-state index in [0.29, 0.717) is 22.9 Å². The van der Waals surface area contributed by atoms with Gasteiger partial charge in [-0.1, -0.05) is 41.9 Å². The van der Waals surface area contributed by atoms with E-state index in [9.17, 15) is 8.42 Å². The molecule has 3 aromatic rings. The molecule has 0 radical (unpaired) electrons. The second-order valence-corrected chi connectivity index (χ2v) is 8.12. The summed E-state index contributed by atoms with van der Waals surface area (Å²) in [7, 11) is -3.81. The summed E-state index contributed by atoms with van der Waals surface area (Å²) in [6.45, 7) is 0. The molecule has 1 aliphatic rings. The van der Waals surface area contributed by atoms with Gasteiger partial charge in [0.15, 0.2) is 0 Å². The van der Waals surface area contributed by atoms with Crippen LogP contribution in [0.2, 0.25) is 5.02 Å². The number of furan rings is 1. The highest BCUT2D eigenvalue weighted by Crippen LogP contribution is 2.37. The molecule has 0 fully saturated rings. The van der Waals surface area contributed by atoms with Crippen LogP contribution in [0.5, 0.6) is 0 Å². The van der Waals surface area contributed by atoms with Gasteiger partial charge in [0.2, 0.25) is 0 Å². The van der Waals surface area contributed by atoms with Crippen molar-refractivity contribution < 1.29 is 12.8 Å². The van der Waals surface area contributed by atoms with Gasteiger partial charge in [0.05, 0.1) is 17.2 Å². The van der Waals surface area contributed by atoms with Crippen LogP contribution in [0.1, 0.15) is 23.8 Å². The molecular formula is C19H15ClN2O3S. The molecule has 0 aliphatic carbocycles. The smallest absolute Gasteiger partial charge is 0.279 e. The minimum Gasteiger partial charge on any atom is -0.463 e. The van der Waals surface area contributed by atoms with Crippen molar-refractivity contribution in [1.82, 2.24) is 4.41 Å². The van der Waals surface area contributed by atoms with Crippen LogP contribution in [0, 0.1) is 0 Å². The Morgan fingerprint density at radius 3 is 2.54 bits per heavy atom. The highest BCUT2D eigenvalue weighted by atomic mass is 35.5. The van der Waals surface area contributed by atoms with E-state index in [-0.39, 0.29) is 4.90 Å². The average molecular weight is 387 g/mol. The summed E-state index contributed by atoms with van der Waals surface area (Å²) >= 11 is 6.11. The zero-order valence-electron chi connectivity index (χ0n) is 13.6. The van der Waals surface area contributed by atoms with E-state index >= 15 is 0 Å². The third kappa shape index (κ3) is 3.02. The second-order valence-electron chi connectivity index (χ2n) is 5.89. The number of hydrogen-bond acceptors (Lipinski definition) is 4. The van der Waals surface area contributed by atoms with Gasteiger partial charge < -0.3 is 4.42 Å². The van der Waals surface area contributed by atoms with E-state index in [2.05, 4.69) is 5.10 Å². The Hall–Kier alpha value is -2.57. The number of nitrogens with zero attached hydrogens (tertiary/aromatic N) is 2. The van der Waals surface area contributed by atoms with Gasteiger partial charge in [-0.15, -0.1) is 0 Å². The first-order valence-corrected chi connectivity index (χ1v) is 9.84. The van der Waals surface area contributed by atoms with Gasteiger partial charge in [-0.05, 0) is 42.0 Å². The summed E-state index contributed by atoms with van der Waals surface area (Å²) < 4.78 is 32.9. The van der Waals surface area contributed by atoms with E-state index < -0.39 is 16.1 Å². The predicted octanol–water partition coefficient (Wildman–Crippen LogP) is 4.47. The molecule has 0 saturated heterocycles. The molecule has 1 aromatic heterocycles. The fourth-order valence-corrected chi connectivity index (χ4v) is 4.62. The number of rotatable bonds is 4. The lowest BCUT2D eigenvalue weighted by molar-refractivity contribution is 0.371. The number of benzene rings is 2. The van der Waals surface area contributed by atoms with E-state index in [0.717, 1.165) is 9.98 Å². The van der Waals surface area contributed by atoms with Crippen LogP contribution in [0.25, 0.3) is 0 Å². The molecule has 26 heavy (non-hydrogen) atoms. The zero-order valence-corrected chi connectivity index (χ0v) is 15.2. The molecule has 2 heterocycles. The lowest BCUT2D eigenvalue weighted by Crippen LogP contribution is -2.27. The van der Waals surface area contributed by atoms with E-state index in [1.165, 1.54) is 0 Å². The van der Waals surface area contributed by atoms with Gasteiger partial charge in [0.25, 0.3) is 10.0 Å². The third-order valence-electron chi connectivity index (χ3n) is 4.20. The Labute approximate surface area is 156 Å². The maximum atomic E-state index is 13.2. The van der Waals surface area contributed by atoms with Crippen molar-refractivity contribution in [3.8, 4) is 0 Å². The Morgan fingerprint density at radius 2 is 1.85 bits per heavy atom. The van der Waals surface area contributed by atoms with E-state index in [1.54, 1.807) is 66.9 Å². The van der Waals surface area contributed by atoms with Gasteiger partial charge >= 0.3 is 0 Å². The van der Waals surface area contributed by atoms with E-state index in [4.69, 9.17) is 16.0 Å². The number of hydrazone groups is 1. The molecule has 0 saturated carbocycles. The van der Waals surface area contributed by atoms with Crippen molar-refractivity contribution in [1.29, 1.82) is 0 Å². The molecule has 2 aromatic carbocycles. The first kappa shape index (κ1) is 16.9. The van der Waals surface area contributed by atoms with Crippen molar-refractivity contribution >= 4 is 27.3 Å². The second kappa shape index (κ2) is 6.63. The van der Waals surface area contributed by atoms with Crippen molar-refractivity contribution in [2.24, 2.45) is 5.10 Å². The standard InChI is InChI=1S/C19H15ClN2O3S/c20-15-7-4-6-14(12-15)18-13-17(19-10-5-11-25-19)21-22(18)26(23,24)16-8-2-1-3-9-16/h1-12,18H,13H2/t18-/m1/s1. The molecular weight excluding hydrogens is 372 g/mol. The predicted molar refractivity (Wildman–Crippen MR) is 99.5 cm³/mol. The molecule has 0 bridgehead atoms. The lowest BCUT2D eigenvalue weighted by atomic mass is 10.0. The summed E-state index contributed by atoms with van der Waals surface area (Å²) in [5.74, 6) is 0.558.